The van der Waals surface area contributed by atoms with E-state index < -0.39 is 0 Å². The molecular weight excluding hydrogens is 222 g/mol. The molecule has 102 valence electrons. The largest absolute Gasteiger partial charge is 0.315 e. The monoisotopic (exact) mass is 249 g/mol. The minimum Gasteiger partial charge on any atom is -0.315 e. The lowest BCUT2D eigenvalue weighted by Gasteiger charge is -2.06. The van der Waals surface area contributed by atoms with Crippen molar-refractivity contribution in [2.24, 2.45) is 0 Å². The summed E-state index contributed by atoms with van der Waals surface area (Å²) in [5.74, 6) is 0. The molecule has 0 fully saturated rings. The predicted octanol–water partition coefficient (Wildman–Crippen LogP) is 4.30. The molecule has 1 rings (SSSR count). The topological polar surface area (TPSA) is 22.0 Å². The zero-order valence-corrected chi connectivity index (χ0v) is 12.0. The van der Waals surface area contributed by atoms with Gasteiger partial charge in [0.05, 0.1) is 0 Å². The lowest BCUT2D eigenvalue weighted by molar-refractivity contribution is 0.537. The Morgan fingerprint density at radius 2 is 1.61 bits per heavy atom. The van der Waals surface area contributed by atoms with Crippen LogP contribution in [0, 0.1) is 6.92 Å². The Labute approximate surface area is 111 Å². The maximum Gasteiger partial charge on any atom is 0.253 e. The van der Waals surface area contributed by atoms with Crippen molar-refractivity contribution in [3.8, 4) is 0 Å². The van der Waals surface area contributed by atoms with Crippen LogP contribution in [0.2, 0.25) is 0 Å². The van der Waals surface area contributed by atoms with Crippen LogP contribution in [0.1, 0.15) is 63.9 Å². The van der Waals surface area contributed by atoms with Gasteiger partial charge in [-0.3, -0.25) is 4.79 Å². The second-order valence-corrected chi connectivity index (χ2v) is 5.16. The van der Waals surface area contributed by atoms with E-state index >= 15 is 0 Å². The van der Waals surface area contributed by atoms with Crippen LogP contribution in [-0.2, 0) is 6.54 Å². The van der Waals surface area contributed by atoms with E-state index in [1.807, 2.05) is 29.8 Å². The van der Waals surface area contributed by atoms with Gasteiger partial charge >= 0.3 is 0 Å². The molecule has 18 heavy (non-hydrogen) atoms. The van der Waals surface area contributed by atoms with Crippen molar-refractivity contribution in [2.75, 3.05) is 0 Å². The quantitative estimate of drug-likeness (QED) is 0.598. The molecule has 2 nitrogen and oxygen atoms in total. The number of rotatable bonds is 9. The number of aromatic nitrogens is 1. The van der Waals surface area contributed by atoms with Gasteiger partial charge in [0, 0.05) is 18.3 Å². The van der Waals surface area contributed by atoms with Crippen LogP contribution in [0.15, 0.2) is 23.1 Å². The average Bonchev–Trinajstić information content (AvgIpc) is 2.37. The normalized spacial score (nSPS) is 10.8. The smallest absolute Gasteiger partial charge is 0.253 e. The molecule has 0 saturated carbocycles. The highest BCUT2D eigenvalue weighted by atomic mass is 16.1. The van der Waals surface area contributed by atoms with E-state index in [0.29, 0.717) is 0 Å². The summed E-state index contributed by atoms with van der Waals surface area (Å²) < 4.78 is 1.84. The molecule has 0 unspecified atom stereocenters. The Bertz CT molecular complexity index is 381. The van der Waals surface area contributed by atoms with E-state index in [1.54, 1.807) is 0 Å². The van der Waals surface area contributed by atoms with Crippen molar-refractivity contribution in [1.29, 1.82) is 0 Å². The van der Waals surface area contributed by atoms with Gasteiger partial charge in [-0.2, -0.15) is 0 Å². The Morgan fingerprint density at radius 3 is 2.28 bits per heavy atom. The molecule has 0 spiro atoms. The lowest BCUT2D eigenvalue weighted by Crippen LogP contribution is -2.21. The molecule has 0 N–H and O–H groups in total. The van der Waals surface area contributed by atoms with Gasteiger partial charge in [-0.05, 0) is 19.4 Å². The van der Waals surface area contributed by atoms with Crippen LogP contribution < -0.4 is 5.56 Å². The van der Waals surface area contributed by atoms with Crippen molar-refractivity contribution in [1.82, 2.24) is 4.57 Å². The van der Waals surface area contributed by atoms with Crippen molar-refractivity contribution in [3.05, 3.63) is 34.2 Å². The van der Waals surface area contributed by atoms with Gasteiger partial charge in [0.15, 0.2) is 0 Å². The number of pyridine rings is 1. The molecule has 1 aromatic rings. The first-order chi connectivity index (χ1) is 8.75. The van der Waals surface area contributed by atoms with Crippen molar-refractivity contribution in [2.45, 2.75) is 71.8 Å². The molecule has 0 aliphatic heterocycles. The van der Waals surface area contributed by atoms with Gasteiger partial charge in [0.25, 0.3) is 5.56 Å². The average molecular weight is 249 g/mol. The summed E-state index contributed by atoms with van der Waals surface area (Å²) >= 11 is 0. The molecule has 1 heterocycles. The van der Waals surface area contributed by atoms with E-state index in [2.05, 4.69) is 6.92 Å². The second kappa shape index (κ2) is 8.96. The van der Waals surface area contributed by atoms with Gasteiger partial charge in [0.2, 0.25) is 0 Å². The Kier molecular flexibility index (Phi) is 7.47. The van der Waals surface area contributed by atoms with E-state index in [-0.39, 0.29) is 5.56 Å². The minimum atomic E-state index is 0.167. The first kappa shape index (κ1) is 15.0. The van der Waals surface area contributed by atoms with Crippen molar-refractivity contribution >= 4 is 0 Å². The zero-order valence-electron chi connectivity index (χ0n) is 12.0. The van der Waals surface area contributed by atoms with Gasteiger partial charge in [0.1, 0.15) is 0 Å². The summed E-state index contributed by atoms with van der Waals surface area (Å²) in [6, 6.07) is 3.84. The molecule has 0 radical (unpaired) electrons. The SMILES string of the molecule is CCCCCCCCCCn1cccc(C)c1=O. The number of nitrogens with zero attached hydrogens (tertiary/aromatic N) is 1. The third-order valence-corrected chi connectivity index (χ3v) is 3.46. The number of hydrogen-bond acceptors (Lipinski definition) is 1. The molecule has 0 aliphatic rings. The summed E-state index contributed by atoms with van der Waals surface area (Å²) in [6.07, 6.45) is 12.4. The second-order valence-electron chi connectivity index (χ2n) is 5.16. The summed E-state index contributed by atoms with van der Waals surface area (Å²) in [4.78, 5) is 11.8. The van der Waals surface area contributed by atoms with Gasteiger partial charge in [-0.25, -0.2) is 0 Å². The Morgan fingerprint density at radius 1 is 1.00 bits per heavy atom. The van der Waals surface area contributed by atoms with Gasteiger partial charge in [-0.1, -0.05) is 57.9 Å². The fraction of sp³-hybridized carbons (Fsp3) is 0.688. The van der Waals surface area contributed by atoms with Crippen LogP contribution in [0.3, 0.4) is 0 Å². The summed E-state index contributed by atoms with van der Waals surface area (Å²) in [7, 11) is 0. The minimum absolute atomic E-state index is 0.167. The zero-order chi connectivity index (χ0) is 13.2. The maximum absolute atomic E-state index is 11.8. The lowest BCUT2D eigenvalue weighted by atomic mass is 10.1. The molecule has 0 atom stereocenters. The molecule has 2 heteroatoms. The van der Waals surface area contributed by atoms with Crippen LogP contribution in [0.25, 0.3) is 0 Å². The highest BCUT2D eigenvalue weighted by Gasteiger charge is 1.98. The first-order valence-corrected chi connectivity index (χ1v) is 7.41. The number of hydrogen-bond donors (Lipinski definition) is 0. The fourth-order valence-electron chi connectivity index (χ4n) is 2.25. The molecule has 0 saturated heterocycles. The molecule has 0 bridgehead atoms. The van der Waals surface area contributed by atoms with Crippen molar-refractivity contribution in [3.63, 3.8) is 0 Å². The predicted molar refractivity (Wildman–Crippen MR) is 78.0 cm³/mol. The maximum atomic E-state index is 11.8. The molecule has 1 aromatic heterocycles. The third-order valence-electron chi connectivity index (χ3n) is 3.46. The van der Waals surface area contributed by atoms with Gasteiger partial charge < -0.3 is 4.57 Å². The first-order valence-electron chi connectivity index (χ1n) is 7.41. The third kappa shape index (κ3) is 5.52. The number of unbranched alkanes of at least 4 members (excludes halogenated alkanes) is 7. The van der Waals surface area contributed by atoms with Crippen LogP contribution in [0.4, 0.5) is 0 Å². The van der Waals surface area contributed by atoms with Gasteiger partial charge in [-0.15, -0.1) is 0 Å². The Hall–Kier alpha value is -1.05. The summed E-state index contributed by atoms with van der Waals surface area (Å²) in [5.41, 5.74) is 1.01. The Balaban J connectivity index is 2.11. The van der Waals surface area contributed by atoms with Crippen LogP contribution >= 0.6 is 0 Å². The van der Waals surface area contributed by atoms with Crippen LogP contribution in [0.5, 0.6) is 0 Å². The molecule has 0 amide bonds. The van der Waals surface area contributed by atoms with E-state index in [4.69, 9.17) is 0 Å². The summed E-state index contributed by atoms with van der Waals surface area (Å²) in [5, 5.41) is 0. The molecular formula is C16H27NO. The standard InChI is InChI=1S/C16H27NO/c1-3-4-5-6-7-8-9-10-13-17-14-11-12-15(2)16(17)18/h11-12,14H,3-10,13H2,1-2H3. The fourth-order valence-corrected chi connectivity index (χ4v) is 2.25. The number of aryl methyl sites for hydroxylation is 2. The van der Waals surface area contributed by atoms with E-state index in [0.717, 1.165) is 18.5 Å². The van der Waals surface area contributed by atoms with Crippen molar-refractivity contribution < 1.29 is 0 Å². The molecule has 0 aliphatic carbocycles. The summed E-state index contributed by atoms with van der Waals surface area (Å²) in [6.45, 7) is 5.00. The molecule has 0 aromatic carbocycles. The highest BCUT2D eigenvalue weighted by molar-refractivity contribution is 5.07. The van der Waals surface area contributed by atoms with E-state index in [1.165, 1.54) is 44.9 Å². The van der Waals surface area contributed by atoms with E-state index in [9.17, 15) is 4.79 Å². The highest BCUT2D eigenvalue weighted by Crippen LogP contribution is 2.08. The van der Waals surface area contributed by atoms with Crippen LogP contribution in [-0.4, -0.2) is 4.57 Å².